The van der Waals surface area contributed by atoms with Crippen molar-refractivity contribution in [3.63, 3.8) is 0 Å². The third kappa shape index (κ3) is 6.18. The summed E-state index contributed by atoms with van der Waals surface area (Å²) in [6.45, 7) is 3.55. The molecule has 2 heterocycles. The zero-order chi connectivity index (χ0) is 31.4. The van der Waals surface area contributed by atoms with Crippen molar-refractivity contribution in [2.45, 2.75) is 6.92 Å². The van der Waals surface area contributed by atoms with Crippen LogP contribution in [0.3, 0.4) is 0 Å². The molecule has 44 heavy (non-hydrogen) atoms. The number of hydrogen-bond acceptors (Lipinski definition) is 9. The first-order chi connectivity index (χ1) is 21.2. The summed E-state index contributed by atoms with van der Waals surface area (Å²) >= 11 is 6.67. The van der Waals surface area contributed by atoms with E-state index in [2.05, 4.69) is 20.5 Å². The maximum Gasteiger partial charge on any atom is 0.259 e. The minimum atomic E-state index is -0.318. The summed E-state index contributed by atoms with van der Waals surface area (Å²) < 4.78 is 10.9. The van der Waals surface area contributed by atoms with Crippen LogP contribution in [0, 0.1) is 6.92 Å². The van der Waals surface area contributed by atoms with Gasteiger partial charge >= 0.3 is 0 Å². The summed E-state index contributed by atoms with van der Waals surface area (Å²) in [6.07, 6.45) is 1.22. The van der Waals surface area contributed by atoms with Crippen molar-refractivity contribution in [3.8, 4) is 17.0 Å². The molecule has 1 fully saturated rings. The van der Waals surface area contributed by atoms with Crippen molar-refractivity contribution in [2.75, 3.05) is 62.5 Å². The van der Waals surface area contributed by atoms with Gasteiger partial charge in [-0.05, 0) is 55.5 Å². The number of aromatic nitrogens is 1. The SMILES string of the molecule is COc1ccccc1-c1noc(C)c1C(=O)N1CCN(c2cc(NC(=O)c3ccc(N(C)C)cc3)c(C=NO)cc2Cl)CC1. The largest absolute Gasteiger partial charge is 0.496 e. The summed E-state index contributed by atoms with van der Waals surface area (Å²) in [6, 6.07) is 18.0. The highest BCUT2D eigenvalue weighted by Gasteiger charge is 2.30. The van der Waals surface area contributed by atoms with Crippen LogP contribution >= 0.6 is 11.6 Å². The number of ether oxygens (including phenoxy) is 1. The van der Waals surface area contributed by atoms with E-state index in [1.165, 1.54) is 6.21 Å². The lowest BCUT2D eigenvalue weighted by atomic mass is 10.0. The van der Waals surface area contributed by atoms with Gasteiger partial charge in [0.1, 0.15) is 22.8 Å². The number of aryl methyl sites for hydroxylation is 1. The fraction of sp³-hybridized carbons (Fsp3) is 0.250. The molecule has 0 radical (unpaired) electrons. The molecule has 228 valence electrons. The van der Waals surface area contributed by atoms with Gasteiger partial charge in [-0.2, -0.15) is 0 Å². The average molecular weight is 617 g/mol. The average Bonchev–Trinajstić information content (AvgIpc) is 3.42. The molecule has 1 aromatic heterocycles. The number of nitrogens with zero attached hydrogens (tertiary/aromatic N) is 5. The smallest absolute Gasteiger partial charge is 0.259 e. The van der Waals surface area contributed by atoms with Gasteiger partial charge < -0.3 is 34.5 Å². The van der Waals surface area contributed by atoms with E-state index < -0.39 is 0 Å². The Kier molecular flexibility index (Phi) is 9.05. The molecular formula is C32H33ClN6O5. The van der Waals surface area contributed by atoms with Crippen LogP contribution in [0.1, 0.15) is 32.0 Å². The van der Waals surface area contributed by atoms with Gasteiger partial charge in [-0.25, -0.2) is 0 Å². The predicted octanol–water partition coefficient (Wildman–Crippen LogP) is 5.40. The first kappa shape index (κ1) is 30.4. The van der Waals surface area contributed by atoms with E-state index in [9.17, 15) is 14.8 Å². The quantitative estimate of drug-likeness (QED) is 0.153. The Bertz CT molecular complexity index is 1690. The number of oxime groups is 1. The molecule has 2 N–H and O–H groups in total. The fourth-order valence-electron chi connectivity index (χ4n) is 5.16. The molecule has 0 unspecified atom stereocenters. The minimum Gasteiger partial charge on any atom is -0.496 e. The molecule has 0 atom stereocenters. The second-order valence-electron chi connectivity index (χ2n) is 10.5. The Hall–Kier alpha value is -5.03. The van der Waals surface area contributed by atoms with Crippen LogP contribution in [-0.2, 0) is 0 Å². The molecule has 1 aliphatic heterocycles. The van der Waals surface area contributed by atoms with Gasteiger partial charge in [0.2, 0.25) is 0 Å². The Morgan fingerprint density at radius 2 is 1.80 bits per heavy atom. The van der Waals surface area contributed by atoms with Gasteiger partial charge in [0.05, 0.1) is 29.7 Å². The molecule has 5 rings (SSSR count). The first-order valence-electron chi connectivity index (χ1n) is 14.0. The standard InChI is InChI=1S/C32H33ClN6O5/c1-20-29(30(36-44-20)24-7-5-6-8-28(24)43-4)32(41)39-15-13-38(14-16-39)27-18-26(22(19-34-42)17-25(27)33)35-31(40)21-9-11-23(12-10-21)37(2)3/h5-12,17-19,42H,13-16H2,1-4H3,(H,35,40). The van der Waals surface area contributed by atoms with Crippen LogP contribution in [0.25, 0.3) is 11.3 Å². The van der Waals surface area contributed by atoms with E-state index in [1.807, 2.05) is 55.4 Å². The zero-order valence-electron chi connectivity index (χ0n) is 24.9. The third-order valence-electron chi connectivity index (χ3n) is 7.56. The first-order valence-corrected chi connectivity index (χ1v) is 14.3. The molecule has 4 aromatic rings. The lowest BCUT2D eigenvalue weighted by Gasteiger charge is -2.36. The number of piperazine rings is 1. The highest BCUT2D eigenvalue weighted by molar-refractivity contribution is 6.34. The van der Waals surface area contributed by atoms with E-state index >= 15 is 0 Å². The summed E-state index contributed by atoms with van der Waals surface area (Å²) in [5.74, 6) is 0.524. The van der Waals surface area contributed by atoms with Gasteiger partial charge in [-0.15, -0.1) is 0 Å². The van der Waals surface area contributed by atoms with E-state index in [-0.39, 0.29) is 11.8 Å². The third-order valence-corrected chi connectivity index (χ3v) is 7.86. The van der Waals surface area contributed by atoms with Gasteiger partial charge in [-0.1, -0.05) is 34.0 Å². The molecule has 0 spiro atoms. The monoisotopic (exact) mass is 616 g/mol. The number of carbonyl (C=O) groups excluding carboxylic acids is 2. The summed E-state index contributed by atoms with van der Waals surface area (Å²) in [5.41, 5.74) is 4.52. The summed E-state index contributed by atoms with van der Waals surface area (Å²) in [4.78, 5) is 32.6. The van der Waals surface area contributed by atoms with Crippen molar-refractivity contribution in [3.05, 3.63) is 88.1 Å². The molecule has 3 aromatic carbocycles. The molecule has 0 aliphatic carbocycles. The maximum atomic E-state index is 13.7. The molecule has 0 saturated carbocycles. The highest BCUT2D eigenvalue weighted by atomic mass is 35.5. The van der Waals surface area contributed by atoms with Crippen LogP contribution in [0.4, 0.5) is 17.1 Å². The lowest BCUT2D eigenvalue weighted by Crippen LogP contribution is -2.49. The number of para-hydroxylation sites is 1. The van der Waals surface area contributed by atoms with Crippen molar-refractivity contribution in [2.24, 2.45) is 5.16 Å². The number of carbonyl (C=O) groups is 2. The lowest BCUT2D eigenvalue weighted by molar-refractivity contribution is 0.0745. The summed E-state index contributed by atoms with van der Waals surface area (Å²) in [5, 5.41) is 19.9. The Labute approximate surface area is 260 Å². The molecular weight excluding hydrogens is 584 g/mol. The molecule has 1 aliphatic rings. The van der Waals surface area contributed by atoms with Crippen LogP contribution in [-0.4, -0.2) is 80.7 Å². The molecule has 11 nitrogen and oxygen atoms in total. The van der Waals surface area contributed by atoms with E-state index in [4.69, 9.17) is 20.9 Å². The molecule has 1 saturated heterocycles. The Morgan fingerprint density at radius 1 is 1.09 bits per heavy atom. The number of methoxy groups -OCH3 is 1. The van der Waals surface area contributed by atoms with Gasteiger partial charge in [-0.3, -0.25) is 9.59 Å². The number of nitrogens with one attached hydrogen (secondary N) is 1. The van der Waals surface area contributed by atoms with Crippen LogP contribution in [0.5, 0.6) is 5.75 Å². The number of halogens is 1. The van der Waals surface area contributed by atoms with E-state index in [1.54, 1.807) is 43.2 Å². The molecule has 0 bridgehead atoms. The van der Waals surface area contributed by atoms with Crippen molar-refractivity contribution in [1.29, 1.82) is 0 Å². The van der Waals surface area contributed by atoms with Gasteiger partial charge in [0.25, 0.3) is 11.8 Å². The van der Waals surface area contributed by atoms with Crippen molar-refractivity contribution < 1.29 is 24.1 Å². The van der Waals surface area contributed by atoms with E-state index in [0.29, 0.717) is 82.0 Å². The molecule has 12 heteroatoms. The number of hydrogen-bond donors (Lipinski definition) is 2. The number of benzene rings is 3. The fourth-order valence-corrected chi connectivity index (χ4v) is 5.45. The topological polar surface area (TPSA) is 124 Å². The van der Waals surface area contributed by atoms with Crippen molar-refractivity contribution in [1.82, 2.24) is 10.1 Å². The normalized spacial score (nSPS) is 13.3. The second kappa shape index (κ2) is 13.1. The van der Waals surface area contributed by atoms with Crippen molar-refractivity contribution >= 4 is 46.7 Å². The van der Waals surface area contributed by atoms with Gasteiger partial charge in [0.15, 0.2) is 0 Å². The maximum absolute atomic E-state index is 13.7. The van der Waals surface area contributed by atoms with Crippen LogP contribution in [0.2, 0.25) is 5.02 Å². The predicted molar refractivity (Wildman–Crippen MR) is 171 cm³/mol. The minimum absolute atomic E-state index is 0.182. The van der Waals surface area contributed by atoms with E-state index in [0.717, 1.165) is 5.69 Å². The number of rotatable bonds is 8. The zero-order valence-corrected chi connectivity index (χ0v) is 25.6. The molecule has 2 amide bonds. The Balaban J connectivity index is 1.34. The number of anilines is 3. The second-order valence-corrected chi connectivity index (χ2v) is 10.9. The number of amides is 2. The van der Waals surface area contributed by atoms with Crippen LogP contribution < -0.4 is 19.9 Å². The highest BCUT2D eigenvalue weighted by Crippen LogP contribution is 2.35. The van der Waals surface area contributed by atoms with Gasteiger partial charge in [0, 0.05) is 62.7 Å². The summed E-state index contributed by atoms with van der Waals surface area (Å²) in [7, 11) is 5.42. The Morgan fingerprint density at radius 3 is 2.45 bits per heavy atom. The van der Waals surface area contributed by atoms with Crippen LogP contribution in [0.15, 0.2) is 70.3 Å².